The van der Waals surface area contributed by atoms with Crippen LogP contribution in [0.15, 0.2) is 78.0 Å². The molecule has 3 aromatic carbocycles. The first-order valence-electron chi connectivity index (χ1n) is 10.1. The number of benzene rings is 3. The fraction of sp³-hybridized carbons (Fsp3) is 0.0833. The fourth-order valence-corrected chi connectivity index (χ4v) is 4.27. The molecule has 6 nitrogen and oxygen atoms in total. The number of halogens is 3. The number of aromatic nitrogens is 3. The molecule has 1 N–H and O–H groups in total. The number of carbonyl (C=O) groups is 2. The second-order valence-corrected chi connectivity index (χ2v) is 8.42. The van der Waals surface area contributed by atoms with Crippen molar-refractivity contribution in [1.29, 1.82) is 0 Å². The topological polar surface area (TPSA) is 76.9 Å². The molecule has 0 unspecified atom stereocenters. The largest absolute Gasteiger partial charge is 0.345 e. The number of rotatable bonds is 8. The third-order valence-corrected chi connectivity index (χ3v) is 6.05. The molecule has 0 aliphatic carbocycles. The summed E-state index contributed by atoms with van der Waals surface area (Å²) in [6.07, 6.45) is 0. The van der Waals surface area contributed by atoms with Crippen LogP contribution in [0.25, 0.3) is 5.69 Å². The maximum Gasteiger partial charge on any atom is 0.256 e. The Morgan fingerprint density at radius 3 is 2.38 bits per heavy atom. The van der Waals surface area contributed by atoms with Gasteiger partial charge in [0.1, 0.15) is 11.6 Å². The lowest BCUT2D eigenvalue weighted by molar-refractivity contribution is 0.0945. The highest BCUT2D eigenvalue weighted by molar-refractivity contribution is 7.99. The summed E-state index contributed by atoms with van der Waals surface area (Å²) in [5.41, 5.74) is 0.825. The smallest absolute Gasteiger partial charge is 0.256 e. The zero-order valence-corrected chi connectivity index (χ0v) is 19.1. The molecule has 0 radical (unpaired) electrons. The molecule has 172 valence electrons. The van der Waals surface area contributed by atoms with Crippen molar-refractivity contribution in [3.63, 3.8) is 0 Å². The number of thioether (sulfide) groups is 1. The number of amides is 1. The maximum absolute atomic E-state index is 14.1. The Kier molecular flexibility index (Phi) is 7.34. The molecule has 0 spiro atoms. The highest BCUT2D eigenvalue weighted by Gasteiger charge is 2.20. The van der Waals surface area contributed by atoms with Crippen LogP contribution in [-0.4, -0.2) is 32.2 Å². The Balaban J connectivity index is 1.57. The highest BCUT2D eigenvalue weighted by Crippen LogP contribution is 2.24. The summed E-state index contributed by atoms with van der Waals surface area (Å²) in [6.45, 7) is -0.110. The molecule has 0 aliphatic heterocycles. The van der Waals surface area contributed by atoms with Crippen molar-refractivity contribution in [3.05, 3.63) is 106 Å². The minimum Gasteiger partial charge on any atom is -0.345 e. The Morgan fingerprint density at radius 1 is 0.941 bits per heavy atom. The zero-order chi connectivity index (χ0) is 24.1. The first-order valence-corrected chi connectivity index (χ1v) is 11.4. The molecule has 4 rings (SSSR count). The monoisotopic (exact) mass is 498 g/mol. The van der Waals surface area contributed by atoms with Crippen LogP contribution in [0.4, 0.5) is 8.78 Å². The summed E-state index contributed by atoms with van der Waals surface area (Å²) in [6, 6.07) is 18.4. The molecule has 1 heterocycles. The highest BCUT2D eigenvalue weighted by atomic mass is 35.5. The van der Waals surface area contributed by atoms with E-state index in [0.29, 0.717) is 22.2 Å². The summed E-state index contributed by atoms with van der Waals surface area (Å²) in [7, 11) is 0. The van der Waals surface area contributed by atoms with Gasteiger partial charge in [0.2, 0.25) is 0 Å². The van der Waals surface area contributed by atoms with E-state index in [0.717, 1.165) is 17.8 Å². The minimum atomic E-state index is -0.749. The van der Waals surface area contributed by atoms with Crippen LogP contribution in [0.1, 0.15) is 26.5 Å². The van der Waals surface area contributed by atoms with Crippen molar-refractivity contribution < 1.29 is 18.4 Å². The fourth-order valence-electron chi connectivity index (χ4n) is 3.16. The molecule has 0 fully saturated rings. The van der Waals surface area contributed by atoms with E-state index in [1.165, 1.54) is 36.4 Å². The summed E-state index contributed by atoms with van der Waals surface area (Å²) in [5, 5.41) is 11.2. The molecule has 1 aromatic heterocycles. The molecular formula is C24H17ClF2N4O2S. The molecule has 0 atom stereocenters. The number of hydrogen-bond acceptors (Lipinski definition) is 5. The van der Waals surface area contributed by atoms with Crippen molar-refractivity contribution in [2.24, 2.45) is 0 Å². The van der Waals surface area contributed by atoms with Crippen molar-refractivity contribution in [1.82, 2.24) is 20.1 Å². The normalized spacial score (nSPS) is 10.8. The SMILES string of the molecule is O=C(CSc1nnc(CNC(=O)c2c(F)cccc2Cl)n1-c1ccc(F)cc1)c1ccccc1. The third kappa shape index (κ3) is 5.32. The van der Waals surface area contributed by atoms with E-state index in [9.17, 15) is 18.4 Å². The van der Waals surface area contributed by atoms with Crippen LogP contribution in [0.2, 0.25) is 5.02 Å². The molecular weight excluding hydrogens is 482 g/mol. The number of nitrogens with zero attached hydrogens (tertiary/aromatic N) is 3. The molecule has 34 heavy (non-hydrogen) atoms. The number of ketones is 1. The number of carbonyl (C=O) groups excluding carboxylic acids is 2. The van der Waals surface area contributed by atoms with E-state index in [-0.39, 0.29) is 28.7 Å². The molecule has 0 bridgehead atoms. The Hall–Kier alpha value is -3.56. The lowest BCUT2D eigenvalue weighted by Gasteiger charge is -2.11. The standard InChI is InChI=1S/C24H17ClF2N4O2S/c25-18-7-4-8-19(27)22(18)23(33)28-13-21-29-30-24(31(21)17-11-9-16(26)10-12-17)34-14-20(32)15-5-2-1-3-6-15/h1-12H,13-14H2,(H,28,33). The zero-order valence-electron chi connectivity index (χ0n) is 17.5. The van der Waals surface area contributed by atoms with Gasteiger partial charge in [-0.1, -0.05) is 59.8 Å². The van der Waals surface area contributed by atoms with Crippen molar-refractivity contribution in [2.75, 3.05) is 5.75 Å². The predicted molar refractivity (Wildman–Crippen MR) is 125 cm³/mol. The van der Waals surface area contributed by atoms with Gasteiger partial charge >= 0.3 is 0 Å². The molecule has 10 heteroatoms. The van der Waals surface area contributed by atoms with Crippen LogP contribution in [-0.2, 0) is 6.54 Å². The van der Waals surface area contributed by atoms with E-state index >= 15 is 0 Å². The van der Waals surface area contributed by atoms with Crippen LogP contribution in [0.3, 0.4) is 0 Å². The Bertz CT molecular complexity index is 1310. The second-order valence-electron chi connectivity index (χ2n) is 7.07. The lowest BCUT2D eigenvalue weighted by Crippen LogP contribution is -2.26. The van der Waals surface area contributed by atoms with Gasteiger partial charge in [-0.3, -0.25) is 14.2 Å². The second kappa shape index (κ2) is 10.6. The average Bonchev–Trinajstić information content (AvgIpc) is 3.25. The van der Waals surface area contributed by atoms with Crippen molar-refractivity contribution >= 4 is 35.1 Å². The lowest BCUT2D eigenvalue weighted by atomic mass is 10.2. The predicted octanol–water partition coefficient (Wildman–Crippen LogP) is 5.10. The van der Waals surface area contributed by atoms with E-state index in [4.69, 9.17) is 11.6 Å². The summed E-state index contributed by atoms with van der Waals surface area (Å²) < 4.78 is 29.2. The van der Waals surface area contributed by atoms with Crippen molar-refractivity contribution in [3.8, 4) is 5.69 Å². The van der Waals surface area contributed by atoms with Gasteiger partial charge in [-0.2, -0.15) is 0 Å². The molecule has 1 amide bonds. The molecule has 4 aromatic rings. The van der Waals surface area contributed by atoms with E-state index < -0.39 is 17.5 Å². The quantitative estimate of drug-likeness (QED) is 0.270. The van der Waals surface area contributed by atoms with Gasteiger partial charge in [0.25, 0.3) is 5.91 Å². The average molecular weight is 499 g/mol. The number of hydrogen-bond donors (Lipinski definition) is 1. The van der Waals surface area contributed by atoms with Crippen LogP contribution >= 0.6 is 23.4 Å². The van der Waals surface area contributed by atoms with Crippen LogP contribution < -0.4 is 5.32 Å². The third-order valence-electron chi connectivity index (χ3n) is 4.81. The molecule has 0 saturated carbocycles. The van der Waals surface area contributed by atoms with Crippen LogP contribution in [0, 0.1) is 11.6 Å². The maximum atomic E-state index is 14.1. The summed E-state index contributed by atoms with van der Waals surface area (Å²) in [5.74, 6) is -1.58. The summed E-state index contributed by atoms with van der Waals surface area (Å²) >= 11 is 7.13. The molecule has 0 aliphatic rings. The molecule has 0 saturated heterocycles. The van der Waals surface area contributed by atoms with E-state index in [2.05, 4.69) is 15.5 Å². The Morgan fingerprint density at radius 2 is 1.68 bits per heavy atom. The van der Waals surface area contributed by atoms with Gasteiger partial charge in [-0.15, -0.1) is 10.2 Å². The Labute approximate surface area is 203 Å². The first-order chi connectivity index (χ1) is 16.4. The van der Waals surface area contributed by atoms with E-state index in [1.807, 2.05) is 6.07 Å². The summed E-state index contributed by atoms with van der Waals surface area (Å²) in [4.78, 5) is 25.1. The number of nitrogens with one attached hydrogen (secondary N) is 1. The van der Waals surface area contributed by atoms with Gasteiger partial charge in [-0.25, -0.2) is 8.78 Å². The van der Waals surface area contributed by atoms with E-state index in [1.54, 1.807) is 28.8 Å². The van der Waals surface area contributed by atoms with Gasteiger partial charge < -0.3 is 5.32 Å². The van der Waals surface area contributed by atoms with Gasteiger partial charge in [0, 0.05) is 11.3 Å². The van der Waals surface area contributed by atoms with Gasteiger partial charge in [0.05, 0.1) is 22.9 Å². The van der Waals surface area contributed by atoms with Crippen LogP contribution in [0.5, 0.6) is 0 Å². The number of Topliss-reactive ketones (excluding diaryl/α,β-unsaturated/α-hetero) is 1. The van der Waals surface area contributed by atoms with Gasteiger partial charge in [0.15, 0.2) is 16.8 Å². The van der Waals surface area contributed by atoms with Crippen molar-refractivity contribution in [2.45, 2.75) is 11.7 Å². The minimum absolute atomic E-state index is 0.0202. The van der Waals surface area contributed by atoms with Gasteiger partial charge in [-0.05, 0) is 36.4 Å². The first kappa shape index (κ1) is 23.6.